The van der Waals surface area contributed by atoms with E-state index in [-0.39, 0.29) is 12.5 Å². The summed E-state index contributed by atoms with van der Waals surface area (Å²) in [7, 11) is 1.24. The van der Waals surface area contributed by atoms with Gasteiger partial charge in [-0.25, -0.2) is 0 Å². The van der Waals surface area contributed by atoms with E-state index in [0.29, 0.717) is 17.4 Å². The average molecular weight is 895 g/mol. The smallest absolute Gasteiger partial charge is 0.268 e. The summed E-state index contributed by atoms with van der Waals surface area (Å²) in [4.78, 5) is 25.4. The number of phosphoric ester groups is 1. The van der Waals surface area contributed by atoms with Crippen molar-refractivity contribution in [3.63, 3.8) is 0 Å². The van der Waals surface area contributed by atoms with Crippen molar-refractivity contribution in [2.45, 2.75) is 257 Å². The van der Waals surface area contributed by atoms with Crippen molar-refractivity contribution in [2.75, 3.05) is 40.9 Å². The maximum absolute atomic E-state index is 12.9. The van der Waals surface area contributed by atoms with E-state index < -0.39 is 26.6 Å². The van der Waals surface area contributed by atoms with Crippen LogP contribution in [0.3, 0.4) is 0 Å². The van der Waals surface area contributed by atoms with Gasteiger partial charge in [-0.1, -0.05) is 217 Å². The van der Waals surface area contributed by atoms with Gasteiger partial charge in [0, 0.05) is 6.42 Å². The van der Waals surface area contributed by atoms with E-state index in [1.165, 1.54) is 186 Å². The average Bonchev–Trinajstić information content (AvgIpc) is 3.23. The van der Waals surface area contributed by atoms with E-state index in [0.717, 1.165) is 38.5 Å². The molecule has 1 amide bonds. The lowest BCUT2D eigenvalue weighted by atomic mass is 10.0. The molecule has 9 heteroatoms. The van der Waals surface area contributed by atoms with Gasteiger partial charge in [0.05, 0.1) is 39.9 Å². The molecule has 3 unspecified atom stereocenters. The number of aliphatic hydroxyl groups excluding tert-OH is 1. The van der Waals surface area contributed by atoms with Gasteiger partial charge in [0.1, 0.15) is 13.2 Å². The highest BCUT2D eigenvalue weighted by Crippen LogP contribution is 2.38. The number of nitrogens with zero attached hydrogens (tertiary/aromatic N) is 1. The van der Waals surface area contributed by atoms with E-state index >= 15 is 0 Å². The zero-order valence-corrected chi connectivity index (χ0v) is 42.5. The lowest BCUT2D eigenvalue weighted by Gasteiger charge is -2.29. The van der Waals surface area contributed by atoms with Gasteiger partial charge in [-0.05, 0) is 57.8 Å². The number of allylic oxidation sites excluding steroid dienone is 5. The Morgan fingerprint density at radius 3 is 1.31 bits per heavy atom. The summed E-state index contributed by atoms with van der Waals surface area (Å²) in [6.07, 6.45) is 56.3. The van der Waals surface area contributed by atoms with Crippen LogP contribution in [0.4, 0.5) is 0 Å². The minimum atomic E-state index is -4.60. The molecule has 0 heterocycles. The van der Waals surface area contributed by atoms with E-state index in [1.54, 1.807) is 6.08 Å². The molecule has 0 saturated heterocycles. The summed E-state index contributed by atoms with van der Waals surface area (Å²) in [5.41, 5.74) is 0. The van der Waals surface area contributed by atoms with Crippen LogP contribution >= 0.6 is 7.82 Å². The molecule has 0 aromatic heterocycles. The molecule has 0 aliphatic heterocycles. The Morgan fingerprint density at radius 2 is 0.903 bits per heavy atom. The molecule has 366 valence electrons. The molecule has 0 rings (SSSR count). The van der Waals surface area contributed by atoms with Crippen LogP contribution in [0.2, 0.25) is 0 Å². The molecule has 0 aliphatic carbocycles. The number of likely N-dealkylation sites (N-methyl/N-ethyl adjacent to an activating group) is 1. The highest BCUT2D eigenvalue weighted by atomic mass is 31.2. The van der Waals surface area contributed by atoms with Gasteiger partial charge in [0.25, 0.3) is 7.82 Å². The van der Waals surface area contributed by atoms with Crippen LogP contribution < -0.4 is 10.2 Å². The van der Waals surface area contributed by atoms with Crippen LogP contribution in [0.1, 0.15) is 245 Å². The third kappa shape index (κ3) is 46.7. The number of aliphatic hydroxyl groups is 1. The highest BCUT2D eigenvalue weighted by molar-refractivity contribution is 7.45. The molecule has 0 fully saturated rings. The summed E-state index contributed by atoms with van der Waals surface area (Å²) < 4.78 is 23.3. The van der Waals surface area contributed by atoms with E-state index in [4.69, 9.17) is 9.05 Å². The largest absolute Gasteiger partial charge is 0.756 e. The lowest BCUT2D eigenvalue weighted by molar-refractivity contribution is -0.870. The van der Waals surface area contributed by atoms with Crippen molar-refractivity contribution in [3.8, 4) is 0 Å². The SMILES string of the molecule is CCCCCCCCCCC/C=C\CCCCCCCCCC(=O)NC(COP(=O)([O-])OCC[N+](C)(C)C)C(O)/C=C/CC/C=C/CCCCCCCCCCCCCCCC. The van der Waals surface area contributed by atoms with Crippen LogP contribution in [0.5, 0.6) is 0 Å². The normalized spacial score (nSPS) is 14.4. The second-order valence-electron chi connectivity index (χ2n) is 19.2. The van der Waals surface area contributed by atoms with Gasteiger partial charge < -0.3 is 28.8 Å². The Bertz CT molecular complexity index is 1110. The molecule has 0 saturated carbocycles. The van der Waals surface area contributed by atoms with E-state index in [9.17, 15) is 19.4 Å². The van der Waals surface area contributed by atoms with Crippen LogP contribution in [-0.2, 0) is 18.4 Å². The second kappa shape index (κ2) is 44.9. The fourth-order valence-electron chi connectivity index (χ4n) is 7.63. The topological polar surface area (TPSA) is 108 Å². The summed E-state index contributed by atoms with van der Waals surface area (Å²) in [5.74, 6) is -0.210. The van der Waals surface area contributed by atoms with Gasteiger partial charge in [-0.2, -0.15) is 0 Å². The number of carbonyl (C=O) groups is 1. The molecular formula is C53H103N2O6P. The van der Waals surface area contributed by atoms with Gasteiger partial charge in [0.2, 0.25) is 5.91 Å². The number of nitrogens with one attached hydrogen (secondary N) is 1. The number of phosphoric acid groups is 1. The van der Waals surface area contributed by atoms with Crippen molar-refractivity contribution in [3.05, 3.63) is 36.5 Å². The maximum Gasteiger partial charge on any atom is 0.268 e. The first-order valence-electron chi connectivity index (χ1n) is 26.4. The predicted octanol–water partition coefficient (Wildman–Crippen LogP) is 14.8. The first-order valence-corrected chi connectivity index (χ1v) is 27.8. The summed E-state index contributed by atoms with van der Waals surface area (Å²) >= 11 is 0. The number of unbranched alkanes of at least 4 members (excludes halogenated alkanes) is 31. The standard InChI is InChI=1S/C53H103N2O6P/c1-6-8-10-12-14-16-18-20-22-24-26-28-30-32-34-36-38-40-42-44-46-52(56)51(50-61-62(58,59)60-49-48-55(3,4)5)54-53(57)47-45-43-41-39-37-35-33-31-29-27-25-23-21-19-17-15-13-11-9-7-2/h27,29,36,38,44,46,51-52,56H,6-26,28,30-35,37,39-43,45,47-50H2,1-5H3,(H-,54,57,58,59)/b29-27-,38-36+,46-44+. The number of carbonyl (C=O) groups excluding carboxylic acids is 1. The molecule has 0 radical (unpaired) electrons. The molecule has 0 aromatic rings. The molecule has 0 aromatic carbocycles. The summed E-state index contributed by atoms with van der Waals surface area (Å²) in [6.45, 7) is 4.65. The van der Waals surface area contributed by atoms with Crippen LogP contribution in [0.15, 0.2) is 36.5 Å². The van der Waals surface area contributed by atoms with Crippen molar-refractivity contribution in [1.82, 2.24) is 5.32 Å². The fourth-order valence-corrected chi connectivity index (χ4v) is 8.36. The minimum Gasteiger partial charge on any atom is -0.756 e. The van der Waals surface area contributed by atoms with Crippen LogP contribution in [0.25, 0.3) is 0 Å². The lowest BCUT2D eigenvalue weighted by Crippen LogP contribution is -2.45. The number of rotatable bonds is 48. The first kappa shape index (κ1) is 60.7. The third-order valence-electron chi connectivity index (χ3n) is 11.8. The molecule has 8 nitrogen and oxygen atoms in total. The molecular weight excluding hydrogens is 792 g/mol. The van der Waals surface area contributed by atoms with Gasteiger partial charge >= 0.3 is 0 Å². The molecule has 62 heavy (non-hydrogen) atoms. The highest BCUT2D eigenvalue weighted by Gasteiger charge is 2.23. The fraction of sp³-hybridized carbons (Fsp3) is 0.868. The zero-order chi connectivity index (χ0) is 45.7. The summed E-state index contributed by atoms with van der Waals surface area (Å²) in [6, 6.07) is -0.905. The van der Waals surface area contributed by atoms with E-state index in [1.807, 2.05) is 27.2 Å². The maximum atomic E-state index is 12.9. The molecule has 0 spiro atoms. The molecule has 0 aliphatic rings. The van der Waals surface area contributed by atoms with Crippen molar-refractivity contribution >= 4 is 13.7 Å². The summed E-state index contributed by atoms with van der Waals surface area (Å²) in [5, 5.41) is 13.8. The van der Waals surface area contributed by atoms with Crippen molar-refractivity contribution in [2.24, 2.45) is 0 Å². The van der Waals surface area contributed by atoms with Crippen LogP contribution in [-0.4, -0.2) is 68.5 Å². The first-order chi connectivity index (χ1) is 30.0. The van der Waals surface area contributed by atoms with Gasteiger partial charge in [-0.15, -0.1) is 0 Å². The minimum absolute atomic E-state index is 0.00678. The van der Waals surface area contributed by atoms with E-state index in [2.05, 4.69) is 43.5 Å². The van der Waals surface area contributed by atoms with Gasteiger partial charge in [-0.3, -0.25) is 9.36 Å². The van der Waals surface area contributed by atoms with Crippen LogP contribution in [0, 0.1) is 0 Å². The Balaban J connectivity index is 4.34. The number of hydrogen-bond donors (Lipinski definition) is 2. The quantitative estimate of drug-likeness (QED) is 0.0273. The Kier molecular flexibility index (Phi) is 44.0. The Morgan fingerprint density at radius 1 is 0.548 bits per heavy atom. The predicted molar refractivity (Wildman–Crippen MR) is 265 cm³/mol. The van der Waals surface area contributed by atoms with Crippen molar-refractivity contribution < 1.29 is 32.9 Å². The molecule has 2 N–H and O–H groups in total. The third-order valence-corrected chi connectivity index (χ3v) is 12.8. The van der Waals surface area contributed by atoms with Crippen molar-refractivity contribution in [1.29, 1.82) is 0 Å². The second-order valence-corrected chi connectivity index (χ2v) is 20.6. The zero-order valence-electron chi connectivity index (χ0n) is 41.6. The number of quaternary nitrogens is 1. The number of hydrogen-bond acceptors (Lipinski definition) is 6. The number of amides is 1. The molecule has 0 bridgehead atoms. The van der Waals surface area contributed by atoms with Gasteiger partial charge in [0.15, 0.2) is 0 Å². The monoisotopic (exact) mass is 895 g/mol. The Hall–Kier alpha value is -1.28. The Labute approximate surface area is 385 Å². The molecule has 3 atom stereocenters.